The van der Waals surface area contributed by atoms with Crippen molar-refractivity contribution in [2.45, 2.75) is 26.1 Å². The van der Waals surface area contributed by atoms with Crippen LogP contribution in [0.2, 0.25) is 0 Å². The fourth-order valence-electron chi connectivity index (χ4n) is 2.56. The molecule has 25 heavy (non-hydrogen) atoms. The molecule has 0 fully saturated rings. The Kier molecular flexibility index (Phi) is 6.17. The van der Waals surface area contributed by atoms with Crippen LogP contribution >= 0.6 is 0 Å². The molecule has 0 aliphatic rings. The van der Waals surface area contributed by atoms with Crippen LogP contribution in [0.15, 0.2) is 67.3 Å². The van der Waals surface area contributed by atoms with E-state index >= 15 is 0 Å². The van der Waals surface area contributed by atoms with Crippen molar-refractivity contribution < 1.29 is 9.13 Å². The van der Waals surface area contributed by atoms with Crippen molar-refractivity contribution in [3.05, 3.63) is 84.2 Å². The van der Waals surface area contributed by atoms with Gasteiger partial charge in [0.15, 0.2) is 0 Å². The molecule has 0 amide bonds. The van der Waals surface area contributed by atoms with E-state index in [0.29, 0.717) is 6.61 Å². The van der Waals surface area contributed by atoms with Gasteiger partial charge in [-0.2, -0.15) is 0 Å². The molecule has 0 spiro atoms. The minimum absolute atomic E-state index is 0.232. The molecule has 0 aliphatic carbocycles. The Bertz CT molecular complexity index is 757. The highest BCUT2D eigenvalue weighted by atomic mass is 19.1. The first-order chi connectivity index (χ1) is 12.3. The third kappa shape index (κ3) is 5.43. The van der Waals surface area contributed by atoms with Crippen molar-refractivity contribution in [2.75, 3.05) is 6.54 Å². The summed E-state index contributed by atoms with van der Waals surface area (Å²) in [6, 6.07) is 14.4. The normalized spacial score (nSPS) is 10.8. The molecule has 1 aromatic heterocycles. The number of rotatable bonds is 9. The van der Waals surface area contributed by atoms with Crippen molar-refractivity contribution in [3.63, 3.8) is 0 Å². The molecule has 130 valence electrons. The summed E-state index contributed by atoms with van der Waals surface area (Å²) in [6.07, 6.45) is 6.63. The van der Waals surface area contributed by atoms with E-state index in [1.165, 1.54) is 12.1 Å². The van der Waals surface area contributed by atoms with Gasteiger partial charge in [0.2, 0.25) is 0 Å². The summed E-state index contributed by atoms with van der Waals surface area (Å²) in [4.78, 5) is 4.04. The van der Waals surface area contributed by atoms with E-state index in [0.717, 1.165) is 42.9 Å². The van der Waals surface area contributed by atoms with Crippen LogP contribution in [0.5, 0.6) is 5.75 Å². The van der Waals surface area contributed by atoms with Gasteiger partial charge in [-0.15, -0.1) is 0 Å². The Morgan fingerprint density at radius 2 is 1.92 bits per heavy atom. The van der Waals surface area contributed by atoms with Crippen LogP contribution in [0.25, 0.3) is 0 Å². The predicted octanol–water partition coefficient (Wildman–Crippen LogP) is 3.78. The van der Waals surface area contributed by atoms with Gasteiger partial charge in [-0.05, 0) is 36.7 Å². The number of hydrogen-bond donors (Lipinski definition) is 1. The molecule has 1 N–H and O–H groups in total. The average Bonchev–Trinajstić information content (AvgIpc) is 3.15. The van der Waals surface area contributed by atoms with Gasteiger partial charge in [-0.3, -0.25) is 0 Å². The molecule has 0 saturated heterocycles. The molecule has 3 rings (SSSR count). The molecule has 0 saturated carbocycles. The van der Waals surface area contributed by atoms with Crippen molar-refractivity contribution in [3.8, 4) is 5.75 Å². The molecule has 0 aliphatic heterocycles. The number of hydrogen-bond acceptors (Lipinski definition) is 3. The predicted molar refractivity (Wildman–Crippen MR) is 95.7 cm³/mol. The summed E-state index contributed by atoms with van der Waals surface area (Å²) >= 11 is 0. The van der Waals surface area contributed by atoms with Crippen LogP contribution < -0.4 is 10.1 Å². The van der Waals surface area contributed by atoms with Crippen molar-refractivity contribution in [1.82, 2.24) is 14.9 Å². The monoisotopic (exact) mass is 339 g/mol. The Labute approximate surface area is 147 Å². The van der Waals surface area contributed by atoms with E-state index in [1.807, 2.05) is 30.7 Å². The highest BCUT2D eigenvalue weighted by Crippen LogP contribution is 2.19. The fraction of sp³-hybridized carbons (Fsp3) is 0.250. The third-order valence-electron chi connectivity index (χ3n) is 3.92. The van der Waals surface area contributed by atoms with Gasteiger partial charge >= 0.3 is 0 Å². The summed E-state index contributed by atoms with van der Waals surface area (Å²) in [6.45, 7) is 3.06. The molecule has 0 radical (unpaired) electrons. The van der Waals surface area contributed by atoms with Crippen molar-refractivity contribution >= 4 is 0 Å². The zero-order chi connectivity index (χ0) is 17.3. The van der Waals surface area contributed by atoms with E-state index < -0.39 is 0 Å². The van der Waals surface area contributed by atoms with Crippen LogP contribution in [0.3, 0.4) is 0 Å². The lowest BCUT2D eigenvalue weighted by Crippen LogP contribution is -2.17. The number of benzene rings is 2. The topological polar surface area (TPSA) is 39.1 Å². The van der Waals surface area contributed by atoms with Gasteiger partial charge in [-0.1, -0.05) is 30.3 Å². The SMILES string of the molecule is Fc1ccc(COc2ccccc2CNCCCn2ccnc2)cc1. The first-order valence-corrected chi connectivity index (χ1v) is 8.43. The van der Waals surface area contributed by atoms with Crippen molar-refractivity contribution in [1.29, 1.82) is 0 Å². The van der Waals surface area contributed by atoms with E-state index in [1.54, 1.807) is 18.3 Å². The Hall–Kier alpha value is -2.66. The van der Waals surface area contributed by atoms with Crippen LogP contribution in [-0.4, -0.2) is 16.1 Å². The summed E-state index contributed by atoms with van der Waals surface area (Å²) in [5.74, 6) is 0.623. The molecule has 0 unspecified atom stereocenters. The third-order valence-corrected chi connectivity index (χ3v) is 3.92. The minimum Gasteiger partial charge on any atom is -0.489 e. The lowest BCUT2D eigenvalue weighted by molar-refractivity contribution is 0.302. The lowest BCUT2D eigenvalue weighted by atomic mass is 10.2. The van der Waals surface area contributed by atoms with E-state index in [2.05, 4.69) is 20.9 Å². The number of ether oxygens (including phenoxy) is 1. The zero-order valence-electron chi connectivity index (χ0n) is 14.1. The smallest absolute Gasteiger partial charge is 0.124 e. The maximum atomic E-state index is 13.0. The summed E-state index contributed by atoms with van der Waals surface area (Å²) in [5.41, 5.74) is 2.07. The lowest BCUT2D eigenvalue weighted by Gasteiger charge is -2.12. The first-order valence-electron chi connectivity index (χ1n) is 8.43. The van der Waals surface area contributed by atoms with E-state index in [9.17, 15) is 4.39 Å². The maximum absolute atomic E-state index is 13.0. The Morgan fingerprint density at radius 3 is 2.72 bits per heavy atom. The number of para-hydroxylation sites is 1. The summed E-state index contributed by atoms with van der Waals surface area (Å²) in [5, 5.41) is 3.45. The second kappa shape index (κ2) is 8.99. The number of imidazole rings is 1. The van der Waals surface area contributed by atoms with Gasteiger partial charge in [-0.25, -0.2) is 9.37 Å². The molecule has 5 heteroatoms. The van der Waals surface area contributed by atoms with Gasteiger partial charge in [0, 0.05) is 31.0 Å². The standard InChI is InChI=1S/C20H22FN3O/c21-19-8-6-17(7-9-19)15-25-20-5-2-1-4-18(20)14-22-10-3-12-24-13-11-23-16-24/h1-2,4-9,11,13,16,22H,3,10,12,14-15H2. The first kappa shape index (κ1) is 17.2. The highest BCUT2D eigenvalue weighted by Gasteiger charge is 2.03. The average molecular weight is 339 g/mol. The van der Waals surface area contributed by atoms with Gasteiger partial charge < -0.3 is 14.6 Å². The quantitative estimate of drug-likeness (QED) is 0.603. The highest BCUT2D eigenvalue weighted by molar-refractivity contribution is 5.33. The van der Waals surface area contributed by atoms with Crippen molar-refractivity contribution in [2.24, 2.45) is 0 Å². The molecular weight excluding hydrogens is 317 g/mol. The Balaban J connectivity index is 1.46. The van der Waals surface area contributed by atoms with Crippen LogP contribution in [0.1, 0.15) is 17.5 Å². The Morgan fingerprint density at radius 1 is 1.08 bits per heavy atom. The van der Waals surface area contributed by atoms with Gasteiger partial charge in [0.1, 0.15) is 18.2 Å². The van der Waals surface area contributed by atoms with E-state index in [4.69, 9.17) is 4.74 Å². The summed E-state index contributed by atoms with van der Waals surface area (Å²) < 4.78 is 20.9. The second-order valence-electron chi connectivity index (χ2n) is 5.85. The largest absolute Gasteiger partial charge is 0.489 e. The molecule has 0 atom stereocenters. The zero-order valence-corrected chi connectivity index (χ0v) is 14.1. The number of nitrogens with one attached hydrogen (secondary N) is 1. The van der Waals surface area contributed by atoms with Gasteiger partial charge in [0.25, 0.3) is 0 Å². The number of aryl methyl sites for hydroxylation is 1. The molecule has 4 nitrogen and oxygen atoms in total. The summed E-state index contributed by atoms with van der Waals surface area (Å²) in [7, 11) is 0. The number of nitrogens with zero attached hydrogens (tertiary/aromatic N) is 2. The van der Waals surface area contributed by atoms with Crippen LogP contribution in [-0.2, 0) is 19.7 Å². The van der Waals surface area contributed by atoms with E-state index in [-0.39, 0.29) is 5.82 Å². The van der Waals surface area contributed by atoms with Crippen LogP contribution in [0.4, 0.5) is 4.39 Å². The molecule has 2 aromatic carbocycles. The number of aromatic nitrogens is 2. The molecule has 1 heterocycles. The van der Waals surface area contributed by atoms with Crippen LogP contribution in [0, 0.1) is 5.82 Å². The number of halogens is 1. The minimum atomic E-state index is -0.232. The molecule has 0 bridgehead atoms. The molecule has 3 aromatic rings. The van der Waals surface area contributed by atoms with Gasteiger partial charge in [0.05, 0.1) is 6.33 Å². The molecular formula is C20H22FN3O. The second-order valence-corrected chi connectivity index (χ2v) is 5.85. The fourth-order valence-corrected chi connectivity index (χ4v) is 2.56. The maximum Gasteiger partial charge on any atom is 0.124 e.